The number of pyridine rings is 1. The molecule has 25 heavy (non-hydrogen) atoms. The van der Waals surface area contributed by atoms with Gasteiger partial charge in [-0.25, -0.2) is 8.78 Å². The van der Waals surface area contributed by atoms with Crippen LogP contribution in [0.1, 0.15) is 23.6 Å². The molecule has 0 amide bonds. The van der Waals surface area contributed by atoms with E-state index in [0.717, 1.165) is 37.3 Å². The number of likely N-dealkylation sites (tertiary alicyclic amines) is 1. The highest BCUT2D eigenvalue weighted by Crippen LogP contribution is 2.59. The molecule has 8 heteroatoms. The van der Waals surface area contributed by atoms with Gasteiger partial charge in [-0.3, -0.25) is 9.69 Å². The van der Waals surface area contributed by atoms with Gasteiger partial charge in [-0.2, -0.15) is 0 Å². The van der Waals surface area contributed by atoms with Crippen LogP contribution < -0.4 is 10.9 Å². The van der Waals surface area contributed by atoms with Crippen LogP contribution in [0.3, 0.4) is 0 Å². The second kappa shape index (κ2) is 6.48. The Hall–Kier alpha value is -0.690. The number of rotatable bonds is 2. The van der Waals surface area contributed by atoms with E-state index in [1.807, 2.05) is 15.5 Å². The number of hydrogen-bond donors (Lipinski definition) is 1. The Morgan fingerprint density at radius 1 is 1.12 bits per heavy atom. The topological polar surface area (TPSA) is 37.3 Å². The third-order valence-electron chi connectivity index (χ3n) is 6.26. The zero-order valence-electron chi connectivity index (χ0n) is 13.8. The smallest absolute Gasteiger partial charge is 0.257 e. The first kappa shape index (κ1) is 19.1. The van der Waals surface area contributed by atoms with E-state index in [1.54, 1.807) is 0 Å². The summed E-state index contributed by atoms with van der Waals surface area (Å²) in [6, 6.07) is 4.00. The summed E-state index contributed by atoms with van der Waals surface area (Å²) in [6.07, 6.45) is 1.16. The highest BCUT2D eigenvalue weighted by Gasteiger charge is 2.71. The van der Waals surface area contributed by atoms with E-state index in [1.165, 1.54) is 0 Å². The molecule has 4 atom stereocenters. The molecule has 4 nitrogen and oxygen atoms in total. The van der Waals surface area contributed by atoms with Gasteiger partial charge in [-0.1, -0.05) is 6.07 Å². The summed E-state index contributed by atoms with van der Waals surface area (Å²) in [4.78, 5) is 14.8. The predicted octanol–water partition coefficient (Wildman–Crippen LogP) is 2.10. The van der Waals surface area contributed by atoms with Crippen LogP contribution >= 0.6 is 24.8 Å². The highest BCUT2D eigenvalue weighted by atomic mass is 35.5. The van der Waals surface area contributed by atoms with Crippen LogP contribution in [-0.2, 0) is 13.1 Å². The van der Waals surface area contributed by atoms with Gasteiger partial charge < -0.3 is 9.88 Å². The lowest BCUT2D eigenvalue weighted by Crippen LogP contribution is -2.45. The molecule has 1 aliphatic carbocycles. The van der Waals surface area contributed by atoms with E-state index in [9.17, 15) is 13.6 Å². The van der Waals surface area contributed by atoms with Crippen LogP contribution in [0.15, 0.2) is 16.9 Å². The maximum atomic E-state index is 13.3. The molecular weight excluding hydrogens is 371 g/mol. The van der Waals surface area contributed by atoms with Gasteiger partial charge in [0.1, 0.15) is 0 Å². The SMILES string of the molecule is Cl.Cl.O=c1c(CN2CC3C(C2)C3(F)F)ccc2n1C[C@@H]1CNC[C@H]2C1. The van der Waals surface area contributed by atoms with Crippen molar-refractivity contribution >= 4 is 24.8 Å². The fourth-order valence-corrected chi connectivity index (χ4v) is 4.92. The summed E-state index contributed by atoms with van der Waals surface area (Å²) in [5.74, 6) is -2.44. The number of piperidine rings is 2. The molecule has 2 bridgehead atoms. The van der Waals surface area contributed by atoms with Crippen LogP contribution in [0.2, 0.25) is 0 Å². The maximum absolute atomic E-state index is 13.3. The molecule has 5 rings (SSSR count). The molecule has 4 aliphatic rings. The molecular formula is C17H23Cl2F2N3O. The lowest BCUT2D eigenvalue weighted by atomic mass is 9.84. The predicted molar refractivity (Wildman–Crippen MR) is 96.1 cm³/mol. The Morgan fingerprint density at radius 2 is 1.84 bits per heavy atom. The maximum Gasteiger partial charge on any atom is 0.257 e. The number of fused-ring (bicyclic) bond motifs is 5. The Balaban J connectivity index is 0.000000911. The molecule has 0 aromatic carbocycles. The van der Waals surface area contributed by atoms with Gasteiger partial charge in [-0.05, 0) is 24.9 Å². The third-order valence-corrected chi connectivity index (χ3v) is 6.26. The molecule has 0 spiro atoms. The van der Waals surface area contributed by atoms with Crippen molar-refractivity contribution in [2.75, 3.05) is 26.2 Å². The molecule has 3 aliphatic heterocycles. The van der Waals surface area contributed by atoms with Crippen molar-refractivity contribution in [2.24, 2.45) is 17.8 Å². The van der Waals surface area contributed by atoms with Crippen molar-refractivity contribution in [3.63, 3.8) is 0 Å². The van der Waals surface area contributed by atoms with Gasteiger partial charge in [0.05, 0.1) is 0 Å². The van der Waals surface area contributed by atoms with Gasteiger partial charge in [0.15, 0.2) is 0 Å². The molecule has 2 saturated heterocycles. The van der Waals surface area contributed by atoms with Gasteiger partial charge >= 0.3 is 0 Å². The summed E-state index contributed by atoms with van der Waals surface area (Å²) in [5, 5.41) is 3.44. The highest BCUT2D eigenvalue weighted by molar-refractivity contribution is 5.85. The van der Waals surface area contributed by atoms with Crippen molar-refractivity contribution in [3.05, 3.63) is 33.7 Å². The van der Waals surface area contributed by atoms with E-state index in [-0.39, 0.29) is 30.4 Å². The summed E-state index contributed by atoms with van der Waals surface area (Å²) in [7, 11) is 0. The standard InChI is InChI=1S/C17H21F2N3O.2ClH/c18-17(19)13-8-21(9-14(13)17)7-11-1-2-15-12-3-10(4-20-5-12)6-22(15)16(11)23;;/h1-2,10,12-14,20H,3-9H2;2*1H/t10-,12+,13?,14?;;/m0../s1. The Bertz CT molecular complexity index is 712. The first-order valence-corrected chi connectivity index (χ1v) is 8.57. The number of nitrogens with zero attached hydrogens (tertiary/aromatic N) is 2. The van der Waals surface area contributed by atoms with E-state index in [0.29, 0.717) is 31.5 Å². The number of hydrogen-bond acceptors (Lipinski definition) is 3. The average molecular weight is 394 g/mol. The monoisotopic (exact) mass is 393 g/mol. The van der Waals surface area contributed by atoms with Crippen LogP contribution in [-0.4, -0.2) is 41.6 Å². The lowest BCUT2D eigenvalue weighted by molar-refractivity contribution is 0.0517. The normalized spacial score (nSPS) is 34.3. The fraction of sp³-hybridized carbons (Fsp3) is 0.706. The first-order chi connectivity index (χ1) is 11.0. The number of aromatic nitrogens is 1. The lowest BCUT2D eigenvalue weighted by Gasteiger charge is -2.37. The summed E-state index contributed by atoms with van der Waals surface area (Å²) in [6.45, 7) is 4.07. The van der Waals surface area contributed by atoms with Gasteiger partial charge in [0, 0.05) is 61.7 Å². The van der Waals surface area contributed by atoms with E-state index < -0.39 is 17.8 Å². The van der Waals surface area contributed by atoms with Crippen molar-refractivity contribution in [1.29, 1.82) is 0 Å². The second-order valence-electron chi connectivity index (χ2n) is 7.74. The summed E-state index contributed by atoms with van der Waals surface area (Å²) in [5.41, 5.74) is 1.98. The molecule has 0 radical (unpaired) electrons. The van der Waals surface area contributed by atoms with E-state index in [2.05, 4.69) is 11.4 Å². The Morgan fingerprint density at radius 3 is 2.56 bits per heavy atom. The molecule has 2 unspecified atom stereocenters. The summed E-state index contributed by atoms with van der Waals surface area (Å²) < 4.78 is 28.5. The van der Waals surface area contributed by atoms with Crippen molar-refractivity contribution in [2.45, 2.75) is 31.4 Å². The van der Waals surface area contributed by atoms with Crippen LogP contribution in [0.4, 0.5) is 8.78 Å². The zero-order valence-corrected chi connectivity index (χ0v) is 15.4. The molecule has 1 aromatic heterocycles. The van der Waals surface area contributed by atoms with Gasteiger partial charge in [0.2, 0.25) is 0 Å². The molecule has 3 fully saturated rings. The quantitative estimate of drug-likeness (QED) is 0.835. The minimum absolute atomic E-state index is 0. The largest absolute Gasteiger partial charge is 0.316 e. The van der Waals surface area contributed by atoms with Crippen molar-refractivity contribution < 1.29 is 8.78 Å². The van der Waals surface area contributed by atoms with Crippen LogP contribution in [0.5, 0.6) is 0 Å². The first-order valence-electron chi connectivity index (χ1n) is 8.57. The van der Waals surface area contributed by atoms with Crippen LogP contribution in [0, 0.1) is 17.8 Å². The minimum Gasteiger partial charge on any atom is -0.316 e. The zero-order chi connectivity index (χ0) is 15.8. The van der Waals surface area contributed by atoms with Crippen molar-refractivity contribution in [3.8, 4) is 0 Å². The van der Waals surface area contributed by atoms with Gasteiger partial charge in [0.25, 0.3) is 11.5 Å². The number of alkyl halides is 2. The van der Waals surface area contributed by atoms with Crippen LogP contribution in [0.25, 0.3) is 0 Å². The molecule has 140 valence electrons. The molecule has 4 heterocycles. The fourth-order valence-electron chi connectivity index (χ4n) is 4.92. The van der Waals surface area contributed by atoms with E-state index >= 15 is 0 Å². The van der Waals surface area contributed by atoms with Gasteiger partial charge in [-0.15, -0.1) is 24.8 Å². The number of halogens is 4. The van der Waals surface area contributed by atoms with E-state index in [4.69, 9.17) is 0 Å². The molecule has 1 aromatic rings. The number of nitrogens with one attached hydrogen (secondary N) is 1. The summed E-state index contributed by atoms with van der Waals surface area (Å²) >= 11 is 0. The second-order valence-corrected chi connectivity index (χ2v) is 7.74. The third kappa shape index (κ3) is 2.91. The molecule has 1 saturated carbocycles. The molecule has 1 N–H and O–H groups in total. The Kier molecular flexibility index (Phi) is 4.95. The minimum atomic E-state index is -2.45. The van der Waals surface area contributed by atoms with Crippen molar-refractivity contribution in [1.82, 2.24) is 14.8 Å². The Labute approximate surface area is 157 Å². The average Bonchev–Trinajstić information content (AvgIpc) is 2.88.